The van der Waals surface area contributed by atoms with E-state index < -0.39 is 0 Å². The molecule has 0 saturated heterocycles. The monoisotopic (exact) mass is 224 g/mol. The van der Waals surface area contributed by atoms with Crippen LogP contribution in [0.5, 0.6) is 5.75 Å². The van der Waals surface area contributed by atoms with E-state index in [1.165, 1.54) is 0 Å². The molecule has 0 spiro atoms. The van der Waals surface area contributed by atoms with Crippen molar-refractivity contribution in [2.75, 3.05) is 28.2 Å². The molecule has 90 valence electrons. The van der Waals surface area contributed by atoms with Crippen LogP contribution >= 0.6 is 0 Å². The van der Waals surface area contributed by atoms with Gasteiger partial charge in [-0.3, -0.25) is 4.79 Å². The number of hydrogen-bond donors (Lipinski definition) is 0. The zero-order valence-corrected chi connectivity index (χ0v) is 10.9. The van der Waals surface area contributed by atoms with Crippen LogP contribution in [0.3, 0.4) is 0 Å². The van der Waals surface area contributed by atoms with Gasteiger partial charge in [0.2, 0.25) is 0 Å². The van der Waals surface area contributed by atoms with Crippen LogP contribution in [0.25, 0.3) is 0 Å². The second-order valence-electron chi connectivity index (χ2n) is 4.82. The highest BCUT2D eigenvalue weighted by atomic mass is 16.5. The average molecular weight is 224 g/mol. The molecule has 1 rings (SSSR count). The molecule has 1 aromatic rings. The predicted octanol–water partition coefficient (Wildman–Crippen LogP) is 2.32. The normalized spacial score (nSPS) is 10.1. The van der Waals surface area contributed by atoms with Gasteiger partial charge in [0, 0.05) is 6.42 Å². The molecule has 0 aliphatic carbocycles. The minimum absolute atomic E-state index is 0.198. The van der Waals surface area contributed by atoms with E-state index in [1.807, 2.05) is 18.2 Å². The molecule has 0 bridgehead atoms. The molecular formula is C13H22NO2+. The number of ether oxygens (including phenoxy) is 1. The number of nitrogens with zero attached hydrogens (tertiary/aromatic N) is 1. The number of rotatable bonds is 2. The zero-order chi connectivity index (χ0) is 12.6. The van der Waals surface area contributed by atoms with Crippen molar-refractivity contribution in [2.45, 2.75) is 13.3 Å². The lowest BCUT2D eigenvalue weighted by Crippen LogP contribution is -2.27. The molecule has 0 unspecified atom stereocenters. The van der Waals surface area contributed by atoms with E-state index in [2.05, 4.69) is 28.2 Å². The Kier molecular flexibility index (Phi) is 6.42. The Morgan fingerprint density at radius 2 is 1.56 bits per heavy atom. The largest absolute Gasteiger partial charge is 0.427 e. The maximum absolute atomic E-state index is 10.8. The fourth-order valence-corrected chi connectivity index (χ4v) is 0.692. The van der Waals surface area contributed by atoms with Gasteiger partial charge in [0.05, 0.1) is 28.2 Å². The third kappa shape index (κ3) is 10.7. The lowest BCUT2D eigenvalue weighted by Gasteiger charge is -2.14. The first-order chi connectivity index (χ1) is 7.33. The van der Waals surface area contributed by atoms with Crippen molar-refractivity contribution in [1.82, 2.24) is 0 Å². The van der Waals surface area contributed by atoms with E-state index in [9.17, 15) is 4.79 Å². The molecule has 16 heavy (non-hydrogen) atoms. The lowest BCUT2D eigenvalue weighted by atomic mass is 10.3. The first-order valence-corrected chi connectivity index (χ1v) is 5.37. The number of hydrogen-bond acceptors (Lipinski definition) is 2. The number of para-hydroxylation sites is 1. The summed E-state index contributed by atoms with van der Waals surface area (Å²) in [4.78, 5) is 10.8. The van der Waals surface area contributed by atoms with Crippen molar-refractivity contribution in [3.8, 4) is 5.75 Å². The number of carbonyl (C=O) groups is 1. The first-order valence-electron chi connectivity index (χ1n) is 5.37. The second kappa shape index (κ2) is 7.01. The molecule has 0 aromatic heterocycles. The summed E-state index contributed by atoms with van der Waals surface area (Å²) < 4.78 is 5.92. The van der Waals surface area contributed by atoms with Gasteiger partial charge in [0.25, 0.3) is 0 Å². The van der Waals surface area contributed by atoms with Crippen LogP contribution in [0.4, 0.5) is 0 Å². The van der Waals surface area contributed by atoms with E-state index in [0.717, 1.165) is 4.48 Å². The van der Waals surface area contributed by atoms with Gasteiger partial charge in [-0.25, -0.2) is 0 Å². The molecule has 3 heteroatoms. The summed E-state index contributed by atoms with van der Waals surface area (Å²) in [6.07, 6.45) is 0.412. The molecule has 0 amide bonds. The van der Waals surface area contributed by atoms with E-state index in [0.29, 0.717) is 12.2 Å². The molecule has 0 saturated carbocycles. The molecule has 1 aromatic carbocycles. The predicted molar refractivity (Wildman–Crippen MR) is 66.3 cm³/mol. The summed E-state index contributed by atoms with van der Waals surface area (Å²) in [7, 11) is 8.50. The van der Waals surface area contributed by atoms with Crippen molar-refractivity contribution in [2.24, 2.45) is 0 Å². The van der Waals surface area contributed by atoms with Gasteiger partial charge in [0.15, 0.2) is 0 Å². The standard InChI is InChI=1S/C9H10O2.C4H12N/c1-2-9(10)11-8-6-4-3-5-7-8;1-5(2,3)4/h3-7H,2H2,1H3;1-4H3/q;+1. The molecule has 0 atom stereocenters. The van der Waals surface area contributed by atoms with E-state index in [1.54, 1.807) is 19.1 Å². The smallest absolute Gasteiger partial charge is 0.310 e. The molecule has 0 aliphatic heterocycles. The molecular weight excluding hydrogens is 202 g/mol. The molecule has 3 nitrogen and oxygen atoms in total. The summed E-state index contributed by atoms with van der Waals surface area (Å²) in [5.74, 6) is 0.413. The second-order valence-corrected chi connectivity index (χ2v) is 4.82. The first kappa shape index (κ1) is 14.6. The Balaban J connectivity index is 0.000000385. The zero-order valence-electron chi connectivity index (χ0n) is 10.9. The average Bonchev–Trinajstić information content (AvgIpc) is 2.16. The van der Waals surface area contributed by atoms with Crippen LogP contribution in [-0.4, -0.2) is 38.6 Å². The van der Waals surface area contributed by atoms with Crippen molar-refractivity contribution >= 4 is 5.97 Å². The van der Waals surface area contributed by atoms with Gasteiger partial charge < -0.3 is 9.22 Å². The Bertz CT molecular complexity index is 295. The van der Waals surface area contributed by atoms with Crippen LogP contribution in [-0.2, 0) is 4.79 Å². The lowest BCUT2D eigenvalue weighted by molar-refractivity contribution is -0.849. The fourth-order valence-electron chi connectivity index (χ4n) is 0.692. The van der Waals surface area contributed by atoms with E-state index >= 15 is 0 Å². The van der Waals surface area contributed by atoms with Crippen LogP contribution in [0.15, 0.2) is 30.3 Å². The summed E-state index contributed by atoms with van der Waals surface area (Å²) >= 11 is 0. The van der Waals surface area contributed by atoms with Gasteiger partial charge in [-0.15, -0.1) is 0 Å². The van der Waals surface area contributed by atoms with Crippen LogP contribution in [0.2, 0.25) is 0 Å². The van der Waals surface area contributed by atoms with Crippen molar-refractivity contribution in [3.63, 3.8) is 0 Å². The third-order valence-corrected chi connectivity index (χ3v) is 1.26. The van der Waals surface area contributed by atoms with Crippen LogP contribution < -0.4 is 4.74 Å². The Hall–Kier alpha value is -1.35. The molecule has 0 heterocycles. The SMILES string of the molecule is CCC(=O)Oc1ccccc1.C[N+](C)(C)C. The van der Waals surface area contributed by atoms with Gasteiger partial charge in [0.1, 0.15) is 5.75 Å². The van der Waals surface area contributed by atoms with Gasteiger partial charge >= 0.3 is 5.97 Å². The number of esters is 1. The maximum atomic E-state index is 10.8. The van der Waals surface area contributed by atoms with Gasteiger partial charge in [-0.1, -0.05) is 25.1 Å². The van der Waals surface area contributed by atoms with Crippen molar-refractivity contribution < 1.29 is 14.0 Å². The topological polar surface area (TPSA) is 26.3 Å². The molecule has 0 N–H and O–H groups in total. The summed E-state index contributed by atoms with van der Waals surface area (Å²) in [5.41, 5.74) is 0. The Morgan fingerprint density at radius 1 is 1.12 bits per heavy atom. The highest BCUT2D eigenvalue weighted by Gasteiger charge is 1.98. The van der Waals surface area contributed by atoms with Crippen molar-refractivity contribution in [3.05, 3.63) is 30.3 Å². The molecule has 0 aliphatic rings. The highest BCUT2D eigenvalue weighted by Crippen LogP contribution is 2.08. The van der Waals surface area contributed by atoms with E-state index in [4.69, 9.17) is 4.74 Å². The third-order valence-electron chi connectivity index (χ3n) is 1.26. The summed E-state index contributed by atoms with van der Waals surface area (Å²) in [6.45, 7) is 1.77. The maximum Gasteiger partial charge on any atom is 0.310 e. The fraction of sp³-hybridized carbons (Fsp3) is 0.462. The number of carbonyl (C=O) groups excluding carboxylic acids is 1. The minimum Gasteiger partial charge on any atom is -0.427 e. The number of benzene rings is 1. The van der Waals surface area contributed by atoms with Crippen molar-refractivity contribution in [1.29, 1.82) is 0 Å². The molecule has 0 radical (unpaired) electrons. The number of quaternary nitrogens is 1. The van der Waals surface area contributed by atoms with Crippen LogP contribution in [0, 0.1) is 0 Å². The van der Waals surface area contributed by atoms with Crippen LogP contribution in [0.1, 0.15) is 13.3 Å². The van der Waals surface area contributed by atoms with E-state index in [-0.39, 0.29) is 5.97 Å². The Labute approximate surface area is 98.2 Å². The summed E-state index contributed by atoms with van der Waals surface area (Å²) in [6, 6.07) is 9.06. The van der Waals surface area contributed by atoms with Gasteiger partial charge in [-0.05, 0) is 12.1 Å². The highest BCUT2D eigenvalue weighted by molar-refractivity contribution is 5.71. The molecule has 0 fully saturated rings. The quantitative estimate of drug-likeness (QED) is 0.438. The summed E-state index contributed by atoms with van der Waals surface area (Å²) in [5, 5.41) is 0. The minimum atomic E-state index is -0.198. The Morgan fingerprint density at radius 3 is 1.94 bits per heavy atom. The van der Waals surface area contributed by atoms with Gasteiger partial charge in [-0.2, -0.15) is 0 Å².